The second kappa shape index (κ2) is 8.56. The molecule has 1 N–H and O–H groups in total. The summed E-state index contributed by atoms with van der Waals surface area (Å²) in [4.78, 5) is 11.4. The summed E-state index contributed by atoms with van der Waals surface area (Å²) in [6.07, 6.45) is 1.70. The van der Waals surface area contributed by atoms with E-state index in [9.17, 15) is 9.90 Å². The molecule has 0 saturated carbocycles. The second-order valence-corrected chi connectivity index (χ2v) is 5.56. The monoisotopic (exact) mass is 348 g/mol. The summed E-state index contributed by atoms with van der Waals surface area (Å²) in [5.41, 5.74) is 0.703. The van der Waals surface area contributed by atoms with E-state index in [4.69, 9.17) is 16.3 Å². The van der Waals surface area contributed by atoms with Crippen molar-refractivity contribution < 1.29 is 14.6 Å². The third-order valence-electron chi connectivity index (χ3n) is 2.71. The third kappa shape index (κ3) is 5.93. The minimum Gasteiger partial charge on any atom is -0.466 e. The van der Waals surface area contributed by atoms with Gasteiger partial charge in [-0.15, -0.1) is 0 Å². The van der Waals surface area contributed by atoms with Crippen LogP contribution in [0.4, 0.5) is 0 Å². The molecule has 1 aromatic carbocycles. The normalized spacial score (nSPS) is 12.2. The Labute approximate surface area is 127 Å². The number of hydrogen-bond acceptors (Lipinski definition) is 3. The van der Waals surface area contributed by atoms with Crippen LogP contribution >= 0.6 is 27.5 Å². The zero-order valence-electron chi connectivity index (χ0n) is 10.9. The second-order valence-electron chi connectivity index (χ2n) is 4.30. The van der Waals surface area contributed by atoms with Crippen molar-refractivity contribution in [3.8, 4) is 0 Å². The predicted molar refractivity (Wildman–Crippen MR) is 79.2 cm³/mol. The van der Waals surface area contributed by atoms with Crippen molar-refractivity contribution in [2.24, 2.45) is 0 Å². The van der Waals surface area contributed by atoms with E-state index in [1.54, 1.807) is 18.2 Å². The SMILES string of the molecule is CCCCOC(=O)CCC(O)c1ccc(Br)c(Cl)c1. The maximum atomic E-state index is 11.4. The van der Waals surface area contributed by atoms with Crippen LogP contribution in [0.25, 0.3) is 0 Å². The number of ether oxygens (including phenoxy) is 1. The standard InChI is InChI=1S/C14H18BrClO3/c1-2-3-8-19-14(18)7-6-13(17)10-4-5-11(15)12(16)9-10/h4-5,9,13,17H,2-3,6-8H2,1H3. The van der Waals surface area contributed by atoms with E-state index < -0.39 is 6.10 Å². The molecular weight excluding hydrogens is 332 g/mol. The smallest absolute Gasteiger partial charge is 0.305 e. The van der Waals surface area contributed by atoms with Gasteiger partial charge in [-0.2, -0.15) is 0 Å². The Bertz CT molecular complexity index is 423. The van der Waals surface area contributed by atoms with Crippen LogP contribution in [0.2, 0.25) is 5.02 Å². The number of rotatable bonds is 7. The molecule has 0 heterocycles. The topological polar surface area (TPSA) is 46.5 Å². The molecule has 0 aliphatic heterocycles. The highest BCUT2D eigenvalue weighted by atomic mass is 79.9. The number of benzene rings is 1. The van der Waals surface area contributed by atoms with E-state index in [1.165, 1.54) is 0 Å². The van der Waals surface area contributed by atoms with Gasteiger partial charge in [-0.1, -0.05) is 31.0 Å². The van der Waals surface area contributed by atoms with Crippen molar-refractivity contribution in [2.75, 3.05) is 6.61 Å². The summed E-state index contributed by atoms with van der Waals surface area (Å²) >= 11 is 9.24. The van der Waals surface area contributed by atoms with Gasteiger partial charge >= 0.3 is 5.97 Å². The van der Waals surface area contributed by atoms with E-state index in [1.807, 2.05) is 6.92 Å². The molecule has 0 aromatic heterocycles. The van der Waals surface area contributed by atoms with Crippen LogP contribution in [0, 0.1) is 0 Å². The zero-order chi connectivity index (χ0) is 14.3. The summed E-state index contributed by atoms with van der Waals surface area (Å²) in [5, 5.41) is 10.5. The lowest BCUT2D eigenvalue weighted by Gasteiger charge is -2.11. The van der Waals surface area contributed by atoms with E-state index in [-0.39, 0.29) is 12.4 Å². The highest BCUT2D eigenvalue weighted by Crippen LogP contribution is 2.27. The van der Waals surface area contributed by atoms with Crippen LogP contribution in [0.3, 0.4) is 0 Å². The molecule has 19 heavy (non-hydrogen) atoms. The van der Waals surface area contributed by atoms with Crippen LogP contribution in [0.1, 0.15) is 44.3 Å². The fourth-order valence-corrected chi connectivity index (χ4v) is 1.98. The number of hydrogen-bond donors (Lipinski definition) is 1. The van der Waals surface area contributed by atoms with Crippen LogP contribution in [0.15, 0.2) is 22.7 Å². The fraction of sp³-hybridized carbons (Fsp3) is 0.500. The maximum absolute atomic E-state index is 11.4. The van der Waals surface area contributed by atoms with E-state index in [0.717, 1.165) is 17.3 Å². The van der Waals surface area contributed by atoms with E-state index >= 15 is 0 Å². The molecule has 0 radical (unpaired) electrons. The molecule has 0 spiro atoms. The van der Waals surface area contributed by atoms with Gasteiger partial charge in [0.1, 0.15) is 0 Å². The zero-order valence-corrected chi connectivity index (χ0v) is 13.2. The van der Waals surface area contributed by atoms with Gasteiger partial charge < -0.3 is 9.84 Å². The molecule has 0 aliphatic rings. The van der Waals surface area contributed by atoms with Gasteiger partial charge in [0, 0.05) is 10.9 Å². The molecule has 1 rings (SSSR count). The van der Waals surface area contributed by atoms with Crippen LogP contribution in [-0.2, 0) is 9.53 Å². The van der Waals surface area contributed by atoms with Crippen molar-refractivity contribution >= 4 is 33.5 Å². The predicted octanol–water partition coefficient (Wildman–Crippen LogP) is 4.26. The molecule has 1 atom stereocenters. The summed E-state index contributed by atoms with van der Waals surface area (Å²) < 4.78 is 5.81. The van der Waals surface area contributed by atoms with Crippen LogP contribution < -0.4 is 0 Å². The van der Waals surface area contributed by atoms with Crippen molar-refractivity contribution in [1.82, 2.24) is 0 Å². The molecule has 3 nitrogen and oxygen atoms in total. The van der Waals surface area contributed by atoms with Crippen molar-refractivity contribution in [1.29, 1.82) is 0 Å². The molecule has 1 aromatic rings. The average molecular weight is 350 g/mol. The van der Waals surface area contributed by atoms with Gasteiger partial charge in [0.15, 0.2) is 0 Å². The Kier molecular flexibility index (Phi) is 7.42. The number of aliphatic hydroxyl groups is 1. The fourth-order valence-electron chi connectivity index (χ4n) is 1.54. The van der Waals surface area contributed by atoms with Crippen LogP contribution in [0.5, 0.6) is 0 Å². The van der Waals surface area contributed by atoms with Crippen molar-refractivity contribution in [2.45, 2.75) is 38.7 Å². The quantitative estimate of drug-likeness (QED) is 0.591. The Morgan fingerprint density at radius 1 is 1.53 bits per heavy atom. The lowest BCUT2D eigenvalue weighted by molar-refractivity contribution is -0.144. The Hall–Kier alpha value is -0.580. The number of halogens is 2. The van der Waals surface area contributed by atoms with Crippen molar-refractivity contribution in [3.05, 3.63) is 33.3 Å². The first-order valence-electron chi connectivity index (χ1n) is 6.33. The molecule has 0 fully saturated rings. The summed E-state index contributed by atoms with van der Waals surface area (Å²) in [5.74, 6) is -0.268. The van der Waals surface area contributed by atoms with Crippen LogP contribution in [-0.4, -0.2) is 17.7 Å². The Morgan fingerprint density at radius 3 is 2.89 bits per heavy atom. The molecule has 0 aliphatic carbocycles. The minimum absolute atomic E-state index is 0.207. The van der Waals surface area contributed by atoms with Gasteiger partial charge in [0.05, 0.1) is 17.7 Å². The summed E-state index contributed by atoms with van der Waals surface area (Å²) in [6, 6.07) is 5.25. The summed E-state index contributed by atoms with van der Waals surface area (Å²) in [7, 11) is 0. The molecule has 5 heteroatoms. The number of unbranched alkanes of at least 4 members (excludes halogenated alkanes) is 1. The average Bonchev–Trinajstić information content (AvgIpc) is 2.39. The Balaban J connectivity index is 2.40. The number of aliphatic hydroxyl groups excluding tert-OH is 1. The van der Waals surface area contributed by atoms with Gasteiger partial charge in [0.2, 0.25) is 0 Å². The third-order valence-corrected chi connectivity index (χ3v) is 3.94. The van der Waals surface area contributed by atoms with Gasteiger partial charge in [-0.25, -0.2) is 0 Å². The first-order valence-corrected chi connectivity index (χ1v) is 7.50. The maximum Gasteiger partial charge on any atom is 0.305 e. The molecule has 1 unspecified atom stereocenters. The molecule has 0 saturated heterocycles. The van der Waals surface area contributed by atoms with E-state index in [0.29, 0.717) is 23.6 Å². The first kappa shape index (κ1) is 16.5. The lowest BCUT2D eigenvalue weighted by Crippen LogP contribution is -2.08. The number of carbonyl (C=O) groups excluding carboxylic acids is 1. The van der Waals surface area contributed by atoms with Gasteiger partial charge in [0.25, 0.3) is 0 Å². The highest BCUT2D eigenvalue weighted by molar-refractivity contribution is 9.10. The van der Waals surface area contributed by atoms with E-state index in [2.05, 4.69) is 15.9 Å². The first-order chi connectivity index (χ1) is 9.04. The Morgan fingerprint density at radius 2 is 2.26 bits per heavy atom. The largest absolute Gasteiger partial charge is 0.466 e. The molecule has 106 valence electrons. The molecular formula is C14H18BrClO3. The number of esters is 1. The highest BCUT2D eigenvalue weighted by Gasteiger charge is 2.12. The summed E-state index contributed by atoms with van der Waals surface area (Å²) in [6.45, 7) is 2.49. The lowest BCUT2D eigenvalue weighted by atomic mass is 10.1. The van der Waals surface area contributed by atoms with Gasteiger partial charge in [-0.3, -0.25) is 4.79 Å². The van der Waals surface area contributed by atoms with Crippen molar-refractivity contribution in [3.63, 3.8) is 0 Å². The van der Waals surface area contributed by atoms with Gasteiger partial charge in [-0.05, 0) is 46.5 Å². The minimum atomic E-state index is -0.704. The number of carbonyl (C=O) groups is 1. The molecule has 0 amide bonds. The molecule has 0 bridgehead atoms.